The van der Waals surface area contributed by atoms with Crippen molar-refractivity contribution in [1.29, 1.82) is 0 Å². The van der Waals surface area contributed by atoms with Gasteiger partial charge in [-0.25, -0.2) is 9.59 Å². The third-order valence-electron chi connectivity index (χ3n) is 10.7. The van der Waals surface area contributed by atoms with Gasteiger partial charge in [0.25, 0.3) is 0 Å². The lowest BCUT2D eigenvalue weighted by Gasteiger charge is -2.55. The third-order valence-corrected chi connectivity index (χ3v) is 10.7. The van der Waals surface area contributed by atoms with E-state index in [1.54, 1.807) is 50.2 Å². The van der Waals surface area contributed by atoms with Crippen LogP contribution in [0.15, 0.2) is 89.7 Å². The zero-order valence-corrected chi connectivity index (χ0v) is 29.2. The highest BCUT2D eigenvalue weighted by molar-refractivity contribution is 5.82. The largest absolute Gasteiger partial charge is 0.465 e. The summed E-state index contributed by atoms with van der Waals surface area (Å²) < 4.78 is 0. The Bertz CT molecular complexity index is 2000. The predicted octanol–water partition coefficient (Wildman–Crippen LogP) is 7.75. The van der Waals surface area contributed by atoms with Gasteiger partial charge in [-0.05, 0) is 80.3 Å². The van der Waals surface area contributed by atoms with Gasteiger partial charge < -0.3 is 20.1 Å². The summed E-state index contributed by atoms with van der Waals surface area (Å²) in [5.74, 6) is -0.00426. The van der Waals surface area contributed by atoms with Crippen LogP contribution in [0.4, 0.5) is 21.0 Å². The molecule has 4 aromatic rings. The molecule has 6 rings (SSSR count). The van der Waals surface area contributed by atoms with E-state index in [4.69, 9.17) is 0 Å². The van der Waals surface area contributed by atoms with Gasteiger partial charge >= 0.3 is 23.4 Å². The van der Waals surface area contributed by atoms with E-state index in [0.29, 0.717) is 41.6 Å². The lowest BCUT2D eigenvalue weighted by Crippen LogP contribution is -2.65. The van der Waals surface area contributed by atoms with Crippen molar-refractivity contribution in [2.45, 2.75) is 69.0 Å². The van der Waals surface area contributed by atoms with Crippen molar-refractivity contribution in [3.8, 4) is 22.4 Å². The average Bonchev–Trinajstić information content (AvgIpc) is 3.06. The molecule has 0 radical (unpaired) electrons. The Hall–Kier alpha value is -5.65. The Morgan fingerprint density at radius 2 is 1.61 bits per heavy atom. The summed E-state index contributed by atoms with van der Waals surface area (Å²) in [4.78, 5) is 57.3. The molecule has 0 bridgehead atoms. The van der Waals surface area contributed by atoms with E-state index < -0.39 is 39.4 Å². The minimum atomic E-state index is -1.13. The normalized spacial score (nSPS) is 17.8. The van der Waals surface area contributed by atoms with E-state index in [1.165, 1.54) is 15.9 Å². The minimum Gasteiger partial charge on any atom is -0.465 e. The molecule has 1 heterocycles. The number of carboxylic acid groups (broad SMARTS) is 2. The van der Waals surface area contributed by atoms with Gasteiger partial charge in [0.1, 0.15) is 0 Å². The number of pyridine rings is 1. The summed E-state index contributed by atoms with van der Waals surface area (Å²) in [6, 6.07) is 25.4. The van der Waals surface area contributed by atoms with E-state index in [2.05, 4.69) is 11.1 Å². The first-order chi connectivity index (χ1) is 24.2. The lowest BCUT2D eigenvalue weighted by atomic mass is 9.69. The number of nitrogens with one attached hydrogen (secondary N) is 1. The van der Waals surface area contributed by atoms with E-state index in [9.17, 15) is 34.7 Å². The highest BCUT2D eigenvalue weighted by atomic mass is 16.6. The fraction of sp³-hybridized carbons (Fsp3) is 0.359. The minimum absolute atomic E-state index is 0.00426. The second kappa shape index (κ2) is 13.6. The van der Waals surface area contributed by atoms with Crippen molar-refractivity contribution < 1.29 is 24.7 Å². The number of amides is 2. The molecule has 12 heteroatoms. The quantitative estimate of drug-likeness (QED) is 0.106. The number of H-pyrrole nitrogens is 1. The number of nitro groups is 1. The second-order valence-corrected chi connectivity index (χ2v) is 14.4. The molecule has 2 fully saturated rings. The molecule has 0 spiro atoms. The maximum atomic E-state index is 13.1. The van der Waals surface area contributed by atoms with Crippen LogP contribution in [0.2, 0.25) is 0 Å². The fourth-order valence-electron chi connectivity index (χ4n) is 7.83. The molecule has 2 aliphatic rings. The Morgan fingerprint density at radius 3 is 2.14 bits per heavy atom. The number of nitrogens with zero attached hydrogens (tertiary/aromatic N) is 4. The second-order valence-electron chi connectivity index (χ2n) is 14.4. The van der Waals surface area contributed by atoms with Gasteiger partial charge in [-0.2, -0.15) is 0 Å². The topological polar surface area (TPSA) is 160 Å². The summed E-state index contributed by atoms with van der Waals surface area (Å²) in [5.41, 5.74) is 1.72. The lowest BCUT2D eigenvalue weighted by molar-refractivity contribution is -0.386. The van der Waals surface area contributed by atoms with Crippen molar-refractivity contribution in [3.63, 3.8) is 0 Å². The Labute approximate surface area is 296 Å². The standard InChI is InChI=1S/C39H43N5O7/c1-38(2,43(37(48)49)32-19-18-30(32)27-12-8-13-29(22-27)41(3)4)24-42(36(46)47)39(20-9-21-39)28-16-14-26(15-17-28)34-31(25-10-6-5-7-11-25)23-33(44(50)51)35(45)40-34/h5-8,10-17,22-23,30,32H,9,18-21,24H2,1-4H3,(H,40,45)(H,46,47)(H,48,49). The monoisotopic (exact) mass is 693 g/mol. The van der Waals surface area contributed by atoms with Gasteiger partial charge in [0.05, 0.1) is 21.7 Å². The molecular formula is C39H43N5O7. The van der Waals surface area contributed by atoms with Crippen LogP contribution in [-0.4, -0.2) is 74.3 Å². The van der Waals surface area contributed by atoms with E-state index in [1.807, 2.05) is 55.4 Å². The predicted molar refractivity (Wildman–Crippen MR) is 195 cm³/mol. The smallest absolute Gasteiger partial charge is 0.408 e. The van der Waals surface area contributed by atoms with Gasteiger partial charge in [0.2, 0.25) is 0 Å². The highest BCUT2D eigenvalue weighted by Crippen LogP contribution is 2.49. The van der Waals surface area contributed by atoms with Crippen molar-refractivity contribution in [1.82, 2.24) is 14.8 Å². The third kappa shape index (κ3) is 6.53. The summed E-state index contributed by atoms with van der Waals surface area (Å²) >= 11 is 0. The first-order valence-corrected chi connectivity index (χ1v) is 17.1. The molecule has 3 aromatic carbocycles. The Morgan fingerprint density at radius 1 is 0.922 bits per heavy atom. The SMILES string of the molecule is CN(C)c1cccc(C2CCC2N(C(=O)O)C(C)(C)CN(C(=O)O)C2(c3ccc(-c4[nH]c(=O)c([N+](=O)[O-])cc4-c4ccccc4)cc3)CCC2)c1. The number of aromatic nitrogens is 1. The number of hydrogen-bond donors (Lipinski definition) is 3. The molecule has 51 heavy (non-hydrogen) atoms. The summed E-state index contributed by atoms with van der Waals surface area (Å²) in [6.45, 7) is 3.56. The maximum absolute atomic E-state index is 13.1. The van der Waals surface area contributed by atoms with Gasteiger partial charge in [-0.3, -0.25) is 24.7 Å². The van der Waals surface area contributed by atoms with Gasteiger partial charge in [-0.15, -0.1) is 0 Å². The van der Waals surface area contributed by atoms with Crippen LogP contribution in [0.3, 0.4) is 0 Å². The molecule has 12 nitrogen and oxygen atoms in total. The van der Waals surface area contributed by atoms with E-state index in [0.717, 1.165) is 29.7 Å². The highest BCUT2D eigenvalue weighted by Gasteiger charge is 2.51. The van der Waals surface area contributed by atoms with Gasteiger partial charge in [-0.1, -0.05) is 66.7 Å². The zero-order chi connectivity index (χ0) is 36.7. The number of benzene rings is 3. The fourth-order valence-corrected chi connectivity index (χ4v) is 7.83. The molecular weight excluding hydrogens is 650 g/mol. The summed E-state index contributed by atoms with van der Waals surface area (Å²) in [7, 11) is 3.93. The first kappa shape index (κ1) is 35.2. The van der Waals surface area contributed by atoms with Crippen molar-refractivity contribution in [2.24, 2.45) is 0 Å². The Balaban J connectivity index is 1.31. The number of anilines is 1. The number of carbonyl (C=O) groups is 2. The molecule has 3 N–H and O–H groups in total. The Kier molecular flexibility index (Phi) is 9.37. The molecule has 2 saturated carbocycles. The van der Waals surface area contributed by atoms with Crippen molar-refractivity contribution >= 4 is 23.6 Å². The molecule has 2 amide bonds. The average molecular weight is 694 g/mol. The number of rotatable bonds is 11. The van der Waals surface area contributed by atoms with E-state index in [-0.39, 0.29) is 18.5 Å². The van der Waals surface area contributed by atoms with Gasteiger partial charge in [0, 0.05) is 49.9 Å². The molecule has 266 valence electrons. The van der Waals surface area contributed by atoms with Crippen LogP contribution in [0.1, 0.15) is 63.0 Å². The van der Waals surface area contributed by atoms with Crippen LogP contribution in [-0.2, 0) is 5.54 Å². The zero-order valence-electron chi connectivity index (χ0n) is 29.2. The van der Waals surface area contributed by atoms with Crippen LogP contribution < -0.4 is 10.5 Å². The summed E-state index contributed by atoms with van der Waals surface area (Å²) in [6.07, 6.45) is 1.24. The van der Waals surface area contributed by atoms with E-state index >= 15 is 0 Å². The van der Waals surface area contributed by atoms with Crippen molar-refractivity contribution in [3.05, 3.63) is 117 Å². The molecule has 1 aromatic heterocycles. The first-order valence-electron chi connectivity index (χ1n) is 17.1. The van der Waals surface area contributed by atoms with Crippen LogP contribution in [0.25, 0.3) is 22.4 Å². The van der Waals surface area contributed by atoms with Crippen molar-refractivity contribution in [2.75, 3.05) is 25.5 Å². The molecule has 2 atom stereocenters. The van der Waals surface area contributed by atoms with Crippen LogP contribution in [0, 0.1) is 10.1 Å². The molecule has 0 aliphatic heterocycles. The molecule has 2 aliphatic carbocycles. The summed E-state index contributed by atoms with van der Waals surface area (Å²) in [5, 5.41) is 32.9. The van der Waals surface area contributed by atoms with Gasteiger partial charge in [0.15, 0.2) is 0 Å². The van der Waals surface area contributed by atoms with Crippen LogP contribution >= 0.6 is 0 Å². The molecule has 2 unspecified atom stereocenters. The number of aromatic amines is 1. The molecule has 0 saturated heterocycles. The van der Waals surface area contributed by atoms with Crippen LogP contribution in [0.5, 0.6) is 0 Å². The maximum Gasteiger partial charge on any atom is 0.408 e. The number of hydrogen-bond acceptors (Lipinski definition) is 6.